The number of oxazole rings is 1. The molecular formula is C53H34N2O2. The second kappa shape index (κ2) is 13.6. The van der Waals surface area contributed by atoms with Crippen LogP contribution in [0.15, 0.2) is 215 Å². The average Bonchev–Trinajstić information content (AvgIpc) is 3.89. The van der Waals surface area contributed by atoms with Crippen molar-refractivity contribution in [3.8, 4) is 44.8 Å². The van der Waals surface area contributed by atoms with Crippen molar-refractivity contribution < 1.29 is 8.83 Å². The Morgan fingerprint density at radius 1 is 0.386 bits per heavy atom. The SMILES string of the molecule is c1ccc(-c2ccc(N(c3ccccc3)c3ccc(-c4c5ccccc5cc5c4oc4cccc(-c6cccc7nc(-c8ccccc8)oc67)c45)cc3)cc2)cc1. The molecule has 0 unspecified atom stereocenters. The zero-order valence-electron chi connectivity index (χ0n) is 30.8. The van der Waals surface area contributed by atoms with E-state index in [-0.39, 0.29) is 0 Å². The number of benzene rings is 9. The fourth-order valence-corrected chi connectivity index (χ4v) is 8.24. The molecule has 0 amide bonds. The Morgan fingerprint density at radius 2 is 0.965 bits per heavy atom. The zero-order valence-corrected chi connectivity index (χ0v) is 30.8. The first-order valence-corrected chi connectivity index (χ1v) is 19.2. The highest BCUT2D eigenvalue weighted by atomic mass is 16.3. The summed E-state index contributed by atoms with van der Waals surface area (Å²) < 4.78 is 13.4. The van der Waals surface area contributed by atoms with Crippen LogP contribution in [0.4, 0.5) is 17.1 Å². The highest BCUT2D eigenvalue weighted by Gasteiger charge is 2.22. The van der Waals surface area contributed by atoms with Gasteiger partial charge in [0.25, 0.3) is 0 Å². The van der Waals surface area contributed by atoms with Crippen LogP contribution in [0, 0.1) is 0 Å². The molecule has 4 heteroatoms. The van der Waals surface area contributed by atoms with Crippen molar-refractivity contribution in [3.05, 3.63) is 206 Å². The molecule has 0 spiro atoms. The van der Waals surface area contributed by atoms with Crippen molar-refractivity contribution in [2.24, 2.45) is 0 Å². The minimum absolute atomic E-state index is 0.606. The number of hydrogen-bond donors (Lipinski definition) is 0. The van der Waals surface area contributed by atoms with E-state index in [9.17, 15) is 0 Å². The van der Waals surface area contributed by atoms with E-state index in [1.165, 1.54) is 11.1 Å². The Morgan fingerprint density at radius 3 is 1.70 bits per heavy atom. The van der Waals surface area contributed by atoms with E-state index in [1.807, 2.05) is 36.4 Å². The van der Waals surface area contributed by atoms with Gasteiger partial charge in [-0.3, -0.25) is 0 Å². The fraction of sp³-hybridized carbons (Fsp3) is 0. The molecule has 268 valence electrons. The molecule has 4 nitrogen and oxygen atoms in total. The van der Waals surface area contributed by atoms with Gasteiger partial charge < -0.3 is 13.7 Å². The van der Waals surface area contributed by atoms with Crippen LogP contribution in [0.5, 0.6) is 0 Å². The van der Waals surface area contributed by atoms with Crippen LogP contribution >= 0.6 is 0 Å². The van der Waals surface area contributed by atoms with Crippen LogP contribution in [0.1, 0.15) is 0 Å². The molecule has 0 saturated carbocycles. The van der Waals surface area contributed by atoms with Crippen LogP contribution in [0.25, 0.3) is 88.6 Å². The van der Waals surface area contributed by atoms with Crippen LogP contribution in [0.3, 0.4) is 0 Å². The van der Waals surface area contributed by atoms with E-state index < -0.39 is 0 Å². The predicted molar refractivity (Wildman–Crippen MR) is 235 cm³/mol. The average molecular weight is 731 g/mol. The fourth-order valence-electron chi connectivity index (χ4n) is 8.24. The first kappa shape index (κ1) is 32.7. The minimum atomic E-state index is 0.606. The van der Waals surface area contributed by atoms with Gasteiger partial charge >= 0.3 is 0 Å². The molecule has 0 aliphatic heterocycles. The van der Waals surface area contributed by atoms with Crippen molar-refractivity contribution in [1.82, 2.24) is 4.98 Å². The maximum atomic E-state index is 6.90. The number of para-hydroxylation sites is 2. The summed E-state index contributed by atoms with van der Waals surface area (Å²) in [4.78, 5) is 7.18. The number of anilines is 3. The molecule has 0 bridgehead atoms. The summed E-state index contributed by atoms with van der Waals surface area (Å²) in [7, 11) is 0. The lowest BCUT2D eigenvalue weighted by Gasteiger charge is -2.26. The molecule has 57 heavy (non-hydrogen) atoms. The highest BCUT2D eigenvalue weighted by molar-refractivity contribution is 6.22. The van der Waals surface area contributed by atoms with Gasteiger partial charge in [-0.05, 0) is 99.8 Å². The normalized spacial score (nSPS) is 11.5. The van der Waals surface area contributed by atoms with Crippen LogP contribution in [-0.2, 0) is 0 Å². The van der Waals surface area contributed by atoms with Gasteiger partial charge in [-0.25, -0.2) is 4.98 Å². The van der Waals surface area contributed by atoms with Crippen molar-refractivity contribution in [1.29, 1.82) is 0 Å². The molecule has 11 rings (SSSR count). The summed E-state index contributed by atoms with van der Waals surface area (Å²) in [6, 6.07) is 72.1. The van der Waals surface area contributed by atoms with Crippen molar-refractivity contribution >= 4 is 60.9 Å². The maximum absolute atomic E-state index is 6.90. The predicted octanol–water partition coefficient (Wildman–Crippen LogP) is 15.0. The molecule has 0 atom stereocenters. The van der Waals surface area contributed by atoms with Gasteiger partial charge in [0.15, 0.2) is 5.58 Å². The van der Waals surface area contributed by atoms with E-state index in [0.717, 1.165) is 88.7 Å². The standard InChI is InChI=1S/C53H34N2O2/c1-4-14-35(15-5-1)36-26-30-41(31-27-36)55(40-19-8-3-9-20-40)42-32-28-37(29-33-42)49-43-21-11-10-18-39(43)34-46-50-44(22-13-25-48(50)56-52(46)49)45-23-12-24-47-51(45)57-53(54-47)38-16-6-2-7-17-38/h1-34H. The Bertz CT molecular complexity index is 3200. The lowest BCUT2D eigenvalue weighted by atomic mass is 9.93. The molecule has 0 N–H and O–H groups in total. The van der Waals surface area contributed by atoms with E-state index in [2.05, 4.69) is 175 Å². The molecule has 0 fully saturated rings. The third-order valence-electron chi connectivity index (χ3n) is 10.9. The van der Waals surface area contributed by atoms with Crippen molar-refractivity contribution in [2.75, 3.05) is 4.90 Å². The molecule has 0 aliphatic rings. The Labute approximate surface area is 329 Å². The summed E-state index contributed by atoms with van der Waals surface area (Å²) in [6.07, 6.45) is 0. The van der Waals surface area contributed by atoms with E-state index in [0.29, 0.717) is 5.89 Å². The Kier molecular flexibility index (Phi) is 7.78. The van der Waals surface area contributed by atoms with Gasteiger partial charge in [-0.1, -0.05) is 140 Å². The molecule has 0 radical (unpaired) electrons. The number of nitrogens with zero attached hydrogens (tertiary/aromatic N) is 2. The second-order valence-electron chi connectivity index (χ2n) is 14.3. The summed E-state index contributed by atoms with van der Waals surface area (Å²) in [5, 5.41) is 4.40. The Balaban J connectivity index is 1.05. The minimum Gasteiger partial charge on any atom is -0.455 e. The zero-order chi connectivity index (χ0) is 37.7. The molecule has 2 heterocycles. The van der Waals surface area contributed by atoms with E-state index in [4.69, 9.17) is 13.8 Å². The summed E-state index contributed by atoms with van der Waals surface area (Å²) >= 11 is 0. The number of aromatic nitrogens is 1. The first-order chi connectivity index (χ1) is 28.3. The molecule has 2 aromatic heterocycles. The lowest BCUT2D eigenvalue weighted by Crippen LogP contribution is -2.09. The molecule has 11 aromatic rings. The van der Waals surface area contributed by atoms with Gasteiger partial charge in [0.2, 0.25) is 5.89 Å². The smallest absolute Gasteiger partial charge is 0.227 e. The molecule has 9 aromatic carbocycles. The van der Waals surface area contributed by atoms with Gasteiger partial charge in [-0.2, -0.15) is 0 Å². The molecule has 0 saturated heterocycles. The number of furan rings is 1. The van der Waals surface area contributed by atoms with Gasteiger partial charge in [0.1, 0.15) is 16.7 Å². The monoisotopic (exact) mass is 730 g/mol. The topological polar surface area (TPSA) is 42.4 Å². The summed E-state index contributed by atoms with van der Waals surface area (Å²) in [5.41, 5.74) is 14.0. The van der Waals surface area contributed by atoms with Gasteiger partial charge in [0, 0.05) is 44.5 Å². The first-order valence-electron chi connectivity index (χ1n) is 19.2. The third-order valence-corrected chi connectivity index (χ3v) is 10.9. The molecule has 0 aliphatic carbocycles. The van der Waals surface area contributed by atoms with Crippen molar-refractivity contribution in [3.63, 3.8) is 0 Å². The van der Waals surface area contributed by atoms with E-state index >= 15 is 0 Å². The third kappa shape index (κ3) is 5.66. The lowest BCUT2D eigenvalue weighted by molar-refractivity contribution is 0.621. The van der Waals surface area contributed by atoms with Crippen molar-refractivity contribution in [2.45, 2.75) is 0 Å². The number of fused-ring (bicyclic) bond motifs is 5. The van der Waals surface area contributed by atoms with Gasteiger partial charge in [-0.15, -0.1) is 0 Å². The highest BCUT2D eigenvalue weighted by Crippen LogP contribution is 2.46. The van der Waals surface area contributed by atoms with Crippen LogP contribution < -0.4 is 4.90 Å². The number of hydrogen-bond acceptors (Lipinski definition) is 4. The summed E-state index contributed by atoms with van der Waals surface area (Å²) in [6.45, 7) is 0. The van der Waals surface area contributed by atoms with Crippen LogP contribution in [-0.4, -0.2) is 4.98 Å². The maximum Gasteiger partial charge on any atom is 0.227 e. The van der Waals surface area contributed by atoms with Gasteiger partial charge in [0.05, 0.1) is 0 Å². The molecular weight excluding hydrogens is 697 g/mol. The Hall–Kier alpha value is -7.69. The number of rotatable bonds is 7. The second-order valence-corrected chi connectivity index (χ2v) is 14.3. The largest absolute Gasteiger partial charge is 0.455 e. The van der Waals surface area contributed by atoms with Crippen LogP contribution in [0.2, 0.25) is 0 Å². The quantitative estimate of drug-likeness (QED) is 0.164. The summed E-state index contributed by atoms with van der Waals surface area (Å²) in [5.74, 6) is 0.606. The van der Waals surface area contributed by atoms with E-state index in [1.54, 1.807) is 0 Å².